The van der Waals surface area contributed by atoms with E-state index in [0.717, 1.165) is 11.1 Å². The summed E-state index contributed by atoms with van der Waals surface area (Å²) in [5.74, 6) is 0.706. The van der Waals surface area contributed by atoms with E-state index in [0.29, 0.717) is 22.9 Å². The van der Waals surface area contributed by atoms with Crippen LogP contribution in [0.3, 0.4) is 0 Å². The molecule has 0 radical (unpaired) electrons. The maximum Gasteiger partial charge on any atom is 0.238 e. The Labute approximate surface area is 143 Å². The molecule has 116 valence electrons. The molecule has 0 heterocycles. The molecular formula is C17H12Cl2N2O2. The van der Waals surface area contributed by atoms with Gasteiger partial charge in [-0.2, -0.15) is 9.98 Å². The van der Waals surface area contributed by atoms with Crippen LogP contribution in [0.25, 0.3) is 0 Å². The lowest BCUT2D eigenvalue weighted by Gasteiger charge is -2.23. The fourth-order valence-corrected chi connectivity index (χ4v) is 2.59. The lowest BCUT2D eigenvalue weighted by atomic mass is 9.91. The van der Waals surface area contributed by atoms with E-state index in [1.165, 1.54) is 12.2 Å². The smallest absolute Gasteiger partial charge is 0.211 e. The van der Waals surface area contributed by atoms with Crippen LogP contribution in [0, 0.1) is 0 Å². The number of halogens is 2. The second-order valence-corrected chi connectivity index (χ2v) is 5.27. The molecule has 0 aliphatic carbocycles. The highest BCUT2D eigenvalue weighted by Crippen LogP contribution is 2.35. The highest BCUT2D eigenvalue weighted by atomic mass is 35.5. The molecule has 0 aromatic heterocycles. The van der Waals surface area contributed by atoms with Gasteiger partial charge >= 0.3 is 0 Å². The Kier molecular flexibility index (Phi) is 5.86. The van der Waals surface area contributed by atoms with Crippen LogP contribution in [0.2, 0.25) is 0 Å². The summed E-state index contributed by atoms with van der Waals surface area (Å²) in [6.07, 6.45) is 3.00. The molecule has 0 fully saturated rings. The molecule has 4 nitrogen and oxygen atoms in total. The predicted octanol–water partition coefficient (Wildman–Crippen LogP) is 4.04. The Morgan fingerprint density at radius 2 is 1.09 bits per heavy atom. The monoisotopic (exact) mass is 346 g/mol. The second-order valence-electron chi connectivity index (χ2n) is 4.74. The van der Waals surface area contributed by atoms with Gasteiger partial charge in [0, 0.05) is 22.9 Å². The van der Waals surface area contributed by atoms with Crippen LogP contribution in [-0.4, -0.2) is 12.2 Å². The molecule has 2 aromatic rings. The summed E-state index contributed by atoms with van der Waals surface area (Å²) in [6.45, 7) is 0. The average Bonchev–Trinajstić information content (AvgIpc) is 2.61. The minimum atomic E-state index is -1.51. The topological polar surface area (TPSA) is 58.9 Å². The first kappa shape index (κ1) is 17.1. The summed E-state index contributed by atoms with van der Waals surface area (Å²) in [6, 6.07) is 14.0. The first-order valence-corrected chi connectivity index (χ1v) is 7.76. The maximum absolute atomic E-state index is 11.0. The van der Waals surface area contributed by atoms with Crippen molar-refractivity contribution in [3.8, 4) is 0 Å². The number of carbonyl (C=O) groups excluding carboxylic acids is 2. The number of rotatable bonds is 6. The van der Waals surface area contributed by atoms with Gasteiger partial charge in [-0.25, -0.2) is 9.59 Å². The van der Waals surface area contributed by atoms with Crippen LogP contribution in [0.1, 0.15) is 22.3 Å². The van der Waals surface area contributed by atoms with Gasteiger partial charge in [-0.05, 0) is 11.1 Å². The Morgan fingerprint density at radius 1 is 0.739 bits per heavy atom. The molecule has 6 heteroatoms. The van der Waals surface area contributed by atoms with Gasteiger partial charge in [0.05, 0.1) is 0 Å². The van der Waals surface area contributed by atoms with E-state index in [1.54, 1.807) is 48.5 Å². The number of hydrogen-bond acceptors (Lipinski definition) is 4. The van der Waals surface area contributed by atoms with E-state index in [-0.39, 0.29) is 0 Å². The summed E-state index contributed by atoms with van der Waals surface area (Å²) in [5, 5.41) is 0. The molecule has 0 aliphatic heterocycles. The van der Waals surface area contributed by atoms with Gasteiger partial charge in [-0.1, -0.05) is 48.5 Å². The number of alkyl halides is 2. The Morgan fingerprint density at radius 3 is 1.35 bits per heavy atom. The lowest BCUT2D eigenvalue weighted by molar-refractivity contribution is 0.516. The summed E-state index contributed by atoms with van der Waals surface area (Å²) < 4.78 is 0. The quantitative estimate of drug-likeness (QED) is 0.450. The molecule has 0 unspecified atom stereocenters. The van der Waals surface area contributed by atoms with E-state index >= 15 is 0 Å². The van der Waals surface area contributed by atoms with Crippen LogP contribution in [0.5, 0.6) is 0 Å². The van der Waals surface area contributed by atoms with Crippen LogP contribution >= 0.6 is 23.2 Å². The van der Waals surface area contributed by atoms with Gasteiger partial charge in [0.2, 0.25) is 17.8 Å². The third-order valence-corrected chi connectivity index (χ3v) is 4.05. The third kappa shape index (κ3) is 3.58. The molecule has 2 rings (SSSR count). The van der Waals surface area contributed by atoms with E-state index in [9.17, 15) is 9.59 Å². The Bertz CT molecular complexity index is 693. The van der Waals surface area contributed by atoms with E-state index in [2.05, 4.69) is 9.98 Å². The van der Waals surface area contributed by atoms with Gasteiger partial charge in [0.25, 0.3) is 0 Å². The van der Waals surface area contributed by atoms with Crippen LogP contribution in [0.15, 0.2) is 58.5 Å². The van der Waals surface area contributed by atoms with Gasteiger partial charge in [0.15, 0.2) is 0 Å². The first-order valence-electron chi connectivity index (χ1n) is 6.69. The highest BCUT2D eigenvalue weighted by molar-refractivity contribution is 6.17. The van der Waals surface area contributed by atoms with Gasteiger partial charge in [0.1, 0.15) is 0 Å². The van der Waals surface area contributed by atoms with Gasteiger partial charge < -0.3 is 0 Å². The standard InChI is InChI=1S/C17H12Cl2N2O2/c18-9-13-1-5-15(6-2-13)17(20-11-22,21-12-23)16-7-3-14(10-19)4-8-16/h1-8H,9-10H2. The molecular weight excluding hydrogens is 335 g/mol. The van der Waals surface area contributed by atoms with Gasteiger partial charge in [-0.15, -0.1) is 23.2 Å². The highest BCUT2D eigenvalue weighted by Gasteiger charge is 2.34. The molecule has 0 amide bonds. The zero-order valence-corrected chi connectivity index (χ0v) is 13.5. The minimum absolute atomic E-state index is 0.353. The van der Waals surface area contributed by atoms with Crippen molar-refractivity contribution in [3.05, 3.63) is 70.8 Å². The van der Waals surface area contributed by atoms with E-state index in [1.807, 2.05) is 0 Å². The second kappa shape index (κ2) is 7.87. The van der Waals surface area contributed by atoms with Crippen LogP contribution < -0.4 is 0 Å². The summed E-state index contributed by atoms with van der Waals surface area (Å²) >= 11 is 11.6. The maximum atomic E-state index is 11.0. The summed E-state index contributed by atoms with van der Waals surface area (Å²) in [5.41, 5.74) is 1.35. The SMILES string of the molecule is O=C=NC(N=C=O)(c1ccc(CCl)cc1)c1ccc(CCl)cc1. The van der Waals surface area contributed by atoms with Crippen molar-refractivity contribution in [2.24, 2.45) is 9.98 Å². The van der Waals surface area contributed by atoms with Crippen molar-refractivity contribution >= 4 is 35.4 Å². The van der Waals surface area contributed by atoms with Crippen molar-refractivity contribution in [1.29, 1.82) is 0 Å². The zero-order chi connectivity index (χ0) is 16.7. The van der Waals surface area contributed by atoms with Crippen molar-refractivity contribution in [2.75, 3.05) is 0 Å². The number of aliphatic imine (C=N–C) groups is 2. The zero-order valence-electron chi connectivity index (χ0n) is 12.0. The first-order chi connectivity index (χ1) is 11.2. The fraction of sp³-hybridized carbons (Fsp3) is 0.176. The molecule has 0 bridgehead atoms. The minimum Gasteiger partial charge on any atom is -0.211 e. The Balaban J connectivity index is 2.66. The van der Waals surface area contributed by atoms with Crippen molar-refractivity contribution in [2.45, 2.75) is 17.4 Å². The molecule has 23 heavy (non-hydrogen) atoms. The molecule has 0 N–H and O–H groups in total. The number of nitrogens with zero attached hydrogens (tertiary/aromatic N) is 2. The van der Waals surface area contributed by atoms with Crippen molar-refractivity contribution < 1.29 is 9.59 Å². The predicted molar refractivity (Wildman–Crippen MR) is 89.0 cm³/mol. The third-order valence-electron chi connectivity index (χ3n) is 3.44. The number of benzene rings is 2. The molecule has 0 saturated carbocycles. The van der Waals surface area contributed by atoms with Crippen molar-refractivity contribution in [1.82, 2.24) is 0 Å². The summed E-state index contributed by atoms with van der Waals surface area (Å²) in [4.78, 5) is 29.5. The normalized spacial score (nSPS) is 10.5. The van der Waals surface area contributed by atoms with E-state index < -0.39 is 5.66 Å². The van der Waals surface area contributed by atoms with Gasteiger partial charge in [-0.3, -0.25) is 0 Å². The largest absolute Gasteiger partial charge is 0.238 e. The van der Waals surface area contributed by atoms with Crippen molar-refractivity contribution in [3.63, 3.8) is 0 Å². The lowest BCUT2D eigenvalue weighted by Crippen LogP contribution is -2.22. The fourth-order valence-electron chi connectivity index (χ4n) is 2.23. The molecule has 0 aliphatic rings. The number of hydrogen-bond donors (Lipinski definition) is 0. The number of isocyanates is 2. The Hall–Kier alpha value is -2.22. The average molecular weight is 347 g/mol. The summed E-state index contributed by atoms with van der Waals surface area (Å²) in [7, 11) is 0. The molecule has 0 atom stereocenters. The van der Waals surface area contributed by atoms with Crippen LogP contribution in [-0.2, 0) is 27.0 Å². The molecule has 0 saturated heterocycles. The van der Waals surface area contributed by atoms with Crippen LogP contribution in [0.4, 0.5) is 0 Å². The molecule has 0 spiro atoms. The molecule has 2 aromatic carbocycles. The van der Waals surface area contributed by atoms with E-state index in [4.69, 9.17) is 23.2 Å².